The molecule has 3 aromatic carbocycles. The molecule has 0 aliphatic carbocycles. The molecule has 2 N–H and O–H groups in total. The highest BCUT2D eigenvalue weighted by molar-refractivity contribution is 5.75. The number of ether oxygens (including phenoxy) is 1. The van der Waals surface area contributed by atoms with Crippen molar-refractivity contribution >= 4 is 17.7 Å². The van der Waals surface area contributed by atoms with Crippen LogP contribution in [0.1, 0.15) is 47.2 Å². The predicted molar refractivity (Wildman–Crippen MR) is 171 cm³/mol. The first-order valence-electron chi connectivity index (χ1n) is 16.1. The summed E-state index contributed by atoms with van der Waals surface area (Å²) in [5.74, 6) is 0.535. The Hall–Kier alpha value is -4.91. The zero-order chi connectivity index (χ0) is 31.7. The minimum Gasteiger partial charge on any atom is -0.373 e. The van der Waals surface area contributed by atoms with Crippen LogP contribution in [0.15, 0.2) is 97.3 Å². The molecule has 4 aliphatic heterocycles. The number of carbonyl (C=O) groups excluding carboxylic acids is 2. The number of benzene rings is 3. The molecule has 5 heterocycles. The van der Waals surface area contributed by atoms with Crippen LogP contribution in [0.2, 0.25) is 0 Å². The molecule has 4 saturated heterocycles. The van der Waals surface area contributed by atoms with Crippen molar-refractivity contribution < 1.29 is 24.0 Å². The summed E-state index contributed by atoms with van der Waals surface area (Å²) in [6.07, 6.45) is 4.03. The molecule has 242 valence electrons. The Morgan fingerprint density at radius 1 is 0.787 bits per heavy atom. The van der Waals surface area contributed by atoms with Gasteiger partial charge in [-0.3, -0.25) is 4.68 Å². The third-order valence-electron chi connectivity index (χ3n) is 9.16. The molecular weight excluding hydrogens is 598 g/mol. The van der Waals surface area contributed by atoms with E-state index in [2.05, 4.69) is 44.9 Å². The number of hydrogen-bond donors (Lipinski definition) is 2. The molecule has 12 heteroatoms. The van der Waals surface area contributed by atoms with E-state index in [0.29, 0.717) is 32.2 Å². The predicted octanol–water partition coefficient (Wildman–Crippen LogP) is 4.76. The number of nitrogens with zero attached hydrogens (tertiary/aromatic N) is 5. The summed E-state index contributed by atoms with van der Waals surface area (Å²) in [5.41, 5.74) is 5.26. The molecule has 4 aromatic rings. The fourth-order valence-corrected chi connectivity index (χ4v) is 6.48. The van der Waals surface area contributed by atoms with Crippen molar-refractivity contribution in [2.75, 3.05) is 37.7 Å². The zero-order valence-corrected chi connectivity index (χ0v) is 25.9. The van der Waals surface area contributed by atoms with Crippen LogP contribution < -0.4 is 15.5 Å². The lowest BCUT2D eigenvalue weighted by Crippen LogP contribution is -2.52. The number of rotatable bonds is 10. The standard InChI is InChI=1S/C35H37N7O5/c43-34(41-32(46-41)26-9-3-1-4-10-26)36-17-25-20-39(21-25)30-13-7-8-24(16-30)22-40-23-29(19-38-40)31-28(14-15-45-31)18-37-35(44)42-33(47-42)27-11-5-2-6-12-27/h1-13,16,19,23,25,28,31-33H,14-15,17-18,20-22H2,(H,36,43)(H,37,44)/t28-,31+,32?,33?,41?,42?/m1/s1. The smallest absolute Gasteiger partial charge is 0.344 e. The van der Waals surface area contributed by atoms with E-state index in [0.717, 1.165) is 47.5 Å². The van der Waals surface area contributed by atoms with Crippen LogP contribution in [0.25, 0.3) is 0 Å². The summed E-state index contributed by atoms with van der Waals surface area (Å²) in [5, 5.41) is 13.4. The summed E-state index contributed by atoms with van der Waals surface area (Å²) < 4.78 is 8.02. The van der Waals surface area contributed by atoms with Crippen molar-refractivity contribution in [3.05, 3.63) is 120 Å². The van der Waals surface area contributed by atoms with Crippen LogP contribution in [0.4, 0.5) is 15.3 Å². The van der Waals surface area contributed by atoms with Crippen molar-refractivity contribution in [2.45, 2.75) is 31.5 Å². The molecule has 4 fully saturated rings. The Labute approximate surface area is 272 Å². The van der Waals surface area contributed by atoms with Crippen LogP contribution in [-0.2, 0) is 21.0 Å². The quantitative estimate of drug-likeness (QED) is 0.241. The Morgan fingerprint density at radius 2 is 1.45 bits per heavy atom. The van der Waals surface area contributed by atoms with Gasteiger partial charge in [0.2, 0.25) is 12.5 Å². The van der Waals surface area contributed by atoms with E-state index < -0.39 is 0 Å². The number of hydroxylamine groups is 4. The summed E-state index contributed by atoms with van der Waals surface area (Å²) in [6, 6.07) is 27.5. The van der Waals surface area contributed by atoms with Crippen molar-refractivity contribution in [1.82, 2.24) is 30.5 Å². The number of urea groups is 2. The summed E-state index contributed by atoms with van der Waals surface area (Å²) in [4.78, 5) is 38.4. The van der Waals surface area contributed by atoms with Gasteiger partial charge in [0, 0.05) is 73.2 Å². The molecule has 8 rings (SSSR count). The molecule has 0 bridgehead atoms. The zero-order valence-electron chi connectivity index (χ0n) is 25.9. The topological polar surface area (TPSA) is 120 Å². The third kappa shape index (κ3) is 6.53. The Morgan fingerprint density at radius 3 is 2.13 bits per heavy atom. The van der Waals surface area contributed by atoms with Crippen LogP contribution in [0.3, 0.4) is 0 Å². The van der Waals surface area contributed by atoms with Gasteiger partial charge in [0.1, 0.15) is 0 Å². The van der Waals surface area contributed by atoms with Gasteiger partial charge < -0.3 is 20.3 Å². The number of carbonyl (C=O) groups is 2. The van der Waals surface area contributed by atoms with E-state index in [1.807, 2.05) is 77.7 Å². The highest BCUT2D eigenvalue weighted by atomic mass is 16.8. The molecule has 47 heavy (non-hydrogen) atoms. The summed E-state index contributed by atoms with van der Waals surface area (Å²) >= 11 is 0. The van der Waals surface area contributed by atoms with Gasteiger partial charge in [-0.2, -0.15) is 15.2 Å². The van der Waals surface area contributed by atoms with E-state index in [4.69, 9.17) is 14.4 Å². The SMILES string of the molecule is O=C(NCC1CN(c2cccc(Cn3cc([C@H]4OCC[C@@H]4CNC(=O)N4OC4c4ccccc4)cn3)c2)C1)N1OC1c1ccccc1. The molecular formula is C35H37N7O5. The van der Waals surface area contributed by atoms with Crippen molar-refractivity contribution in [1.29, 1.82) is 0 Å². The molecule has 1 aromatic heterocycles. The summed E-state index contributed by atoms with van der Waals surface area (Å²) in [7, 11) is 0. The second kappa shape index (κ2) is 12.7. The second-order valence-electron chi connectivity index (χ2n) is 12.5. The van der Waals surface area contributed by atoms with Crippen LogP contribution >= 0.6 is 0 Å². The lowest BCUT2D eigenvalue weighted by molar-refractivity contribution is 0.0902. The molecule has 0 radical (unpaired) electrons. The largest absolute Gasteiger partial charge is 0.373 e. The minimum absolute atomic E-state index is 0.124. The van der Waals surface area contributed by atoms with Crippen molar-refractivity contribution in [2.24, 2.45) is 11.8 Å². The van der Waals surface area contributed by atoms with Gasteiger partial charge in [0.25, 0.3) is 0 Å². The van der Waals surface area contributed by atoms with Crippen molar-refractivity contribution in [3.8, 4) is 0 Å². The maximum Gasteiger partial charge on any atom is 0.344 e. The maximum atomic E-state index is 12.7. The van der Waals surface area contributed by atoms with E-state index in [1.165, 1.54) is 10.1 Å². The van der Waals surface area contributed by atoms with Gasteiger partial charge in [0.15, 0.2) is 0 Å². The Kier molecular flexibility index (Phi) is 7.97. The number of aromatic nitrogens is 2. The van der Waals surface area contributed by atoms with E-state index in [1.54, 1.807) is 0 Å². The normalized spacial score (nSPS) is 23.4. The van der Waals surface area contributed by atoms with Gasteiger partial charge in [0.05, 0.1) is 18.8 Å². The average Bonchev–Trinajstić information content (AvgIpc) is 3.97. The van der Waals surface area contributed by atoms with Gasteiger partial charge in [-0.1, -0.05) is 72.8 Å². The van der Waals surface area contributed by atoms with E-state index in [-0.39, 0.29) is 36.5 Å². The average molecular weight is 636 g/mol. The lowest BCUT2D eigenvalue weighted by Gasteiger charge is -2.41. The number of nitrogens with one attached hydrogen (secondary N) is 2. The highest BCUT2D eigenvalue weighted by Crippen LogP contribution is 2.38. The molecule has 4 aliphatic rings. The second-order valence-corrected chi connectivity index (χ2v) is 12.5. The third-order valence-corrected chi connectivity index (χ3v) is 9.16. The summed E-state index contributed by atoms with van der Waals surface area (Å²) in [6.45, 7) is 4.16. The van der Waals surface area contributed by atoms with Crippen LogP contribution in [-0.4, -0.2) is 64.8 Å². The molecule has 0 saturated carbocycles. The van der Waals surface area contributed by atoms with Gasteiger partial charge in [-0.25, -0.2) is 19.3 Å². The van der Waals surface area contributed by atoms with E-state index >= 15 is 0 Å². The fraction of sp³-hybridized carbons (Fsp3) is 0.343. The monoisotopic (exact) mass is 635 g/mol. The lowest BCUT2D eigenvalue weighted by atomic mass is 9.97. The van der Waals surface area contributed by atoms with Crippen molar-refractivity contribution in [3.63, 3.8) is 0 Å². The number of amides is 4. The molecule has 4 atom stereocenters. The number of anilines is 1. The Balaban J connectivity index is 0.788. The van der Waals surface area contributed by atoms with Gasteiger partial charge >= 0.3 is 12.1 Å². The molecule has 4 amide bonds. The highest BCUT2D eigenvalue weighted by Gasteiger charge is 2.44. The first-order chi connectivity index (χ1) is 23.1. The first-order valence-corrected chi connectivity index (χ1v) is 16.1. The molecule has 12 nitrogen and oxygen atoms in total. The number of hydrogen-bond acceptors (Lipinski definition) is 7. The minimum atomic E-state index is -0.326. The molecule has 2 unspecified atom stereocenters. The fourth-order valence-electron chi connectivity index (χ4n) is 6.48. The Bertz CT molecular complexity index is 1710. The van der Waals surface area contributed by atoms with E-state index in [9.17, 15) is 9.59 Å². The van der Waals surface area contributed by atoms with Crippen LogP contribution in [0, 0.1) is 11.8 Å². The van der Waals surface area contributed by atoms with Gasteiger partial charge in [-0.05, 0) is 24.1 Å². The first kappa shape index (κ1) is 29.5. The molecule has 0 spiro atoms. The maximum absolute atomic E-state index is 12.7. The van der Waals surface area contributed by atoms with Crippen LogP contribution in [0.5, 0.6) is 0 Å². The van der Waals surface area contributed by atoms with Gasteiger partial charge in [-0.15, -0.1) is 0 Å².